The molecule has 3 unspecified atom stereocenters. The molecule has 0 bridgehead atoms. The number of epoxide rings is 2. The SMILES string of the molecule is CCCCCCCCCCCCC(OCC1CO1)(C1CCCC1)C1CO1. The molecule has 152 valence electrons. The van der Waals surface area contributed by atoms with Crippen LogP contribution in [0.5, 0.6) is 0 Å². The first kappa shape index (κ1) is 20.6. The van der Waals surface area contributed by atoms with Gasteiger partial charge in [0.15, 0.2) is 0 Å². The van der Waals surface area contributed by atoms with Crippen LogP contribution in [0, 0.1) is 5.92 Å². The molecule has 0 aromatic heterocycles. The molecule has 3 fully saturated rings. The summed E-state index contributed by atoms with van der Waals surface area (Å²) in [6.45, 7) is 4.89. The average Bonchev–Trinajstić information content (AvgIpc) is 3.59. The van der Waals surface area contributed by atoms with E-state index in [-0.39, 0.29) is 5.60 Å². The summed E-state index contributed by atoms with van der Waals surface area (Å²) in [7, 11) is 0. The van der Waals surface area contributed by atoms with Gasteiger partial charge < -0.3 is 14.2 Å². The molecule has 1 aliphatic carbocycles. The molecule has 0 spiro atoms. The number of ether oxygens (including phenoxy) is 3. The maximum Gasteiger partial charge on any atom is 0.110 e. The lowest BCUT2D eigenvalue weighted by atomic mass is 9.79. The number of unbranched alkanes of at least 4 members (excludes halogenated alkanes) is 9. The van der Waals surface area contributed by atoms with Gasteiger partial charge in [0, 0.05) is 0 Å². The highest BCUT2D eigenvalue weighted by Crippen LogP contribution is 2.46. The summed E-state index contributed by atoms with van der Waals surface area (Å²) < 4.78 is 17.8. The Labute approximate surface area is 161 Å². The Hall–Kier alpha value is -0.120. The van der Waals surface area contributed by atoms with Gasteiger partial charge in [-0.2, -0.15) is 0 Å². The molecule has 0 radical (unpaired) electrons. The van der Waals surface area contributed by atoms with Crippen LogP contribution in [0.4, 0.5) is 0 Å². The minimum absolute atomic E-state index is 0.00258. The molecule has 3 rings (SSSR count). The highest BCUT2D eigenvalue weighted by atomic mass is 16.6. The number of hydrogen-bond acceptors (Lipinski definition) is 3. The Morgan fingerprint density at radius 3 is 1.92 bits per heavy atom. The molecular formula is C23H42O3. The lowest BCUT2D eigenvalue weighted by molar-refractivity contribution is -0.113. The molecule has 3 nitrogen and oxygen atoms in total. The maximum absolute atomic E-state index is 6.59. The molecule has 1 saturated carbocycles. The number of rotatable bonds is 16. The Bertz CT molecular complexity index is 372. The molecule has 26 heavy (non-hydrogen) atoms. The second-order valence-electron chi connectivity index (χ2n) is 8.96. The van der Waals surface area contributed by atoms with Crippen LogP contribution in [-0.2, 0) is 14.2 Å². The van der Waals surface area contributed by atoms with Crippen molar-refractivity contribution in [3.63, 3.8) is 0 Å². The first-order valence-electron chi connectivity index (χ1n) is 11.7. The van der Waals surface area contributed by atoms with Crippen LogP contribution >= 0.6 is 0 Å². The standard InChI is InChI=1S/C23H42O3/c1-2-3-4-5-6-7-8-9-10-13-16-23(22-19-25-22,20-14-11-12-15-20)26-18-21-17-24-21/h20-22H,2-19H2,1H3. The van der Waals surface area contributed by atoms with E-state index >= 15 is 0 Å². The van der Waals surface area contributed by atoms with Crippen molar-refractivity contribution in [1.29, 1.82) is 0 Å². The van der Waals surface area contributed by atoms with Gasteiger partial charge in [-0.1, -0.05) is 84.0 Å². The van der Waals surface area contributed by atoms with Gasteiger partial charge in [-0.15, -0.1) is 0 Å². The summed E-state index contributed by atoms with van der Waals surface area (Å²) in [5.41, 5.74) is 0.00258. The van der Waals surface area contributed by atoms with Crippen molar-refractivity contribution in [2.45, 2.75) is 121 Å². The quantitative estimate of drug-likeness (QED) is 0.247. The van der Waals surface area contributed by atoms with Crippen molar-refractivity contribution in [2.75, 3.05) is 19.8 Å². The van der Waals surface area contributed by atoms with Crippen LogP contribution in [0.2, 0.25) is 0 Å². The first-order chi connectivity index (χ1) is 12.8. The molecule has 3 atom stereocenters. The molecule has 2 saturated heterocycles. The van der Waals surface area contributed by atoms with Crippen LogP contribution in [0.25, 0.3) is 0 Å². The fraction of sp³-hybridized carbons (Fsp3) is 1.00. The van der Waals surface area contributed by atoms with Crippen molar-refractivity contribution in [3.05, 3.63) is 0 Å². The van der Waals surface area contributed by atoms with E-state index < -0.39 is 0 Å². The van der Waals surface area contributed by atoms with E-state index in [9.17, 15) is 0 Å². The lowest BCUT2D eigenvalue weighted by Crippen LogP contribution is -2.46. The van der Waals surface area contributed by atoms with Crippen molar-refractivity contribution in [2.24, 2.45) is 5.92 Å². The van der Waals surface area contributed by atoms with Crippen molar-refractivity contribution < 1.29 is 14.2 Å². The summed E-state index contributed by atoms with van der Waals surface area (Å²) in [5, 5.41) is 0. The lowest BCUT2D eigenvalue weighted by Gasteiger charge is -2.38. The predicted octanol–water partition coefficient (Wildman–Crippen LogP) is 6.04. The van der Waals surface area contributed by atoms with E-state index in [1.807, 2.05) is 0 Å². The molecule has 0 N–H and O–H groups in total. The highest BCUT2D eigenvalue weighted by molar-refractivity contribution is 5.02. The van der Waals surface area contributed by atoms with E-state index in [2.05, 4.69) is 6.92 Å². The van der Waals surface area contributed by atoms with Gasteiger partial charge in [0.25, 0.3) is 0 Å². The van der Waals surface area contributed by atoms with Crippen molar-refractivity contribution in [3.8, 4) is 0 Å². The molecule has 0 amide bonds. The van der Waals surface area contributed by atoms with Gasteiger partial charge in [0.05, 0.1) is 25.4 Å². The second-order valence-corrected chi connectivity index (χ2v) is 8.96. The molecule has 0 aromatic carbocycles. The maximum atomic E-state index is 6.59. The van der Waals surface area contributed by atoms with Crippen LogP contribution in [0.15, 0.2) is 0 Å². The molecule has 2 aliphatic heterocycles. The minimum Gasteiger partial charge on any atom is -0.371 e. The van der Waals surface area contributed by atoms with Gasteiger partial charge in [0.2, 0.25) is 0 Å². The van der Waals surface area contributed by atoms with Crippen molar-refractivity contribution >= 4 is 0 Å². The molecular weight excluding hydrogens is 324 g/mol. The van der Waals surface area contributed by atoms with E-state index in [1.165, 1.54) is 96.3 Å². The van der Waals surface area contributed by atoms with Gasteiger partial charge in [0.1, 0.15) is 12.2 Å². The monoisotopic (exact) mass is 366 g/mol. The third-order valence-corrected chi connectivity index (χ3v) is 6.79. The largest absolute Gasteiger partial charge is 0.371 e. The van der Waals surface area contributed by atoms with Gasteiger partial charge in [-0.05, 0) is 25.2 Å². The van der Waals surface area contributed by atoms with Crippen LogP contribution in [0.1, 0.15) is 103 Å². The Morgan fingerprint density at radius 1 is 0.808 bits per heavy atom. The summed E-state index contributed by atoms with van der Waals surface area (Å²) in [4.78, 5) is 0. The van der Waals surface area contributed by atoms with Crippen LogP contribution in [-0.4, -0.2) is 37.6 Å². The van der Waals surface area contributed by atoms with Crippen molar-refractivity contribution in [1.82, 2.24) is 0 Å². The smallest absolute Gasteiger partial charge is 0.110 e. The molecule has 0 aromatic rings. The second kappa shape index (κ2) is 11.0. The number of hydrogen-bond donors (Lipinski definition) is 0. The normalized spacial score (nSPS) is 27.6. The van der Waals surface area contributed by atoms with Gasteiger partial charge >= 0.3 is 0 Å². The Balaban J connectivity index is 1.34. The fourth-order valence-corrected chi connectivity index (χ4v) is 4.96. The zero-order valence-electron chi connectivity index (χ0n) is 17.2. The average molecular weight is 367 g/mol. The molecule has 2 heterocycles. The molecule has 3 heteroatoms. The van der Waals surface area contributed by atoms with Crippen LogP contribution < -0.4 is 0 Å². The Morgan fingerprint density at radius 2 is 1.38 bits per heavy atom. The first-order valence-corrected chi connectivity index (χ1v) is 11.7. The topological polar surface area (TPSA) is 34.3 Å². The fourth-order valence-electron chi connectivity index (χ4n) is 4.96. The third kappa shape index (κ3) is 6.49. The zero-order valence-corrected chi connectivity index (χ0v) is 17.2. The summed E-state index contributed by atoms with van der Waals surface area (Å²) in [6.07, 6.45) is 21.3. The third-order valence-electron chi connectivity index (χ3n) is 6.79. The van der Waals surface area contributed by atoms with E-state index in [0.29, 0.717) is 18.1 Å². The minimum atomic E-state index is 0.00258. The zero-order chi connectivity index (χ0) is 18.1. The van der Waals surface area contributed by atoms with Gasteiger partial charge in [-0.25, -0.2) is 0 Å². The highest BCUT2D eigenvalue weighted by Gasteiger charge is 2.53. The van der Waals surface area contributed by atoms with Gasteiger partial charge in [-0.3, -0.25) is 0 Å². The summed E-state index contributed by atoms with van der Waals surface area (Å²) in [6, 6.07) is 0. The predicted molar refractivity (Wildman–Crippen MR) is 107 cm³/mol. The van der Waals surface area contributed by atoms with E-state index in [0.717, 1.165) is 19.8 Å². The Kier molecular flexibility index (Phi) is 8.74. The van der Waals surface area contributed by atoms with E-state index in [1.54, 1.807) is 0 Å². The summed E-state index contributed by atoms with van der Waals surface area (Å²) in [5.74, 6) is 0.715. The molecule has 3 aliphatic rings. The summed E-state index contributed by atoms with van der Waals surface area (Å²) >= 11 is 0. The van der Waals surface area contributed by atoms with E-state index in [4.69, 9.17) is 14.2 Å². The van der Waals surface area contributed by atoms with Crippen LogP contribution in [0.3, 0.4) is 0 Å².